The summed E-state index contributed by atoms with van der Waals surface area (Å²) >= 11 is 0. The molecule has 1 saturated heterocycles. The second-order valence-corrected chi connectivity index (χ2v) is 6.80. The van der Waals surface area contributed by atoms with Crippen LogP contribution in [0.15, 0.2) is 12.3 Å². The monoisotopic (exact) mass is 308 g/mol. The van der Waals surface area contributed by atoms with Gasteiger partial charge in [0.1, 0.15) is 0 Å². The van der Waals surface area contributed by atoms with Crippen molar-refractivity contribution >= 4 is 5.91 Å². The molecular formula is C16H28N4O2. The van der Waals surface area contributed by atoms with Crippen molar-refractivity contribution in [3.8, 4) is 0 Å². The van der Waals surface area contributed by atoms with Crippen LogP contribution in [-0.2, 0) is 17.9 Å². The van der Waals surface area contributed by atoms with E-state index in [9.17, 15) is 9.90 Å². The van der Waals surface area contributed by atoms with Crippen molar-refractivity contribution in [2.45, 2.75) is 40.3 Å². The maximum absolute atomic E-state index is 12.6. The Morgan fingerprint density at radius 2 is 2.27 bits per heavy atom. The molecule has 0 atom stereocenters. The molecule has 0 aliphatic carbocycles. The van der Waals surface area contributed by atoms with Crippen LogP contribution in [0.3, 0.4) is 0 Å². The summed E-state index contributed by atoms with van der Waals surface area (Å²) in [4.78, 5) is 16.5. The van der Waals surface area contributed by atoms with E-state index < -0.39 is 0 Å². The first-order valence-electron chi connectivity index (χ1n) is 8.07. The standard InChI is InChI=1S/C16H28N4O2/c1-4-20-14(5-7-17-20)11-19(9-10-21)15(22)12-18-8-6-16(2,3)13-18/h5,7,21H,4,6,8-13H2,1-3H3. The Kier molecular flexibility index (Phi) is 5.58. The van der Waals surface area contributed by atoms with Crippen molar-refractivity contribution in [2.24, 2.45) is 5.41 Å². The Labute approximate surface area is 132 Å². The maximum Gasteiger partial charge on any atom is 0.237 e. The zero-order valence-electron chi connectivity index (χ0n) is 14.0. The van der Waals surface area contributed by atoms with E-state index in [4.69, 9.17) is 0 Å². The average Bonchev–Trinajstić information content (AvgIpc) is 3.04. The summed E-state index contributed by atoms with van der Waals surface area (Å²) in [5.74, 6) is 0.0793. The highest BCUT2D eigenvalue weighted by Crippen LogP contribution is 2.28. The number of aromatic nitrogens is 2. The summed E-state index contributed by atoms with van der Waals surface area (Å²) in [6.45, 7) is 10.5. The fourth-order valence-corrected chi connectivity index (χ4v) is 3.04. The third-order valence-corrected chi connectivity index (χ3v) is 4.29. The molecule has 1 fully saturated rings. The summed E-state index contributed by atoms with van der Waals surface area (Å²) in [5, 5.41) is 13.5. The molecule has 2 rings (SSSR count). The van der Waals surface area contributed by atoms with Gasteiger partial charge >= 0.3 is 0 Å². The fraction of sp³-hybridized carbons (Fsp3) is 0.750. The molecule has 6 heteroatoms. The molecule has 1 N–H and O–H groups in total. The van der Waals surface area contributed by atoms with E-state index in [0.29, 0.717) is 25.0 Å². The number of aryl methyl sites for hydroxylation is 1. The van der Waals surface area contributed by atoms with Gasteiger partial charge in [-0.05, 0) is 31.4 Å². The van der Waals surface area contributed by atoms with Crippen LogP contribution in [0.5, 0.6) is 0 Å². The second-order valence-electron chi connectivity index (χ2n) is 6.80. The number of likely N-dealkylation sites (tertiary alicyclic amines) is 1. The predicted octanol–water partition coefficient (Wildman–Crippen LogP) is 0.956. The number of amides is 1. The van der Waals surface area contributed by atoms with Gasteiger partial charge in [-0.2, -0.15) is 5.10 Å². The number of rotatable bonds is 7. The molecule has 0 radical (unpaired) electrons. The lowest BCUT2D eigenvalue weighted by Gasteiger charge is -2.25. The molecule has 6 nitrogen and oxygen atoms in total. The van der Waals surface area contributed by atoms with E-state index in [1.807, 2.05) is 17.7 Å². The number of carbonyl (C=O) groups is 1. The molecule has 2 heterocycles. The molecule has 0 saturated carbocycles. The molecule has 124 valence electrons. The van der Waals surface area contributed by atoms with Crippen molar-refractivity contribution in [3.05, 3.63) is 18.0 Å². The molecule has 1 aromatic rings. The van der Waals surface area contributed by atoms with E-state index in [0.717, 1.165) is 31.7 Å². The number of aliphatic hydroxyl groups is 1. The van der Waals surface area contributed by atoms with Crippen LogP contribution in [0.2, 0.25) is 0 Å². The van der Waals surface area contributed by atoms with Crippen LogP contribution in [0.25, 0.3) is 0 Å². The molecule has 1 aliphatic heterocycles. The molecule has 1 aromatic heterocycles. The van der Waals surface area contributed by atoms with E-state index in [1.165, 1.54) is 0 Å². The summed E-state index contributed by atoms with van der Waals surface area (Å²) in [5.41, 5.74) is 1.30. The summed E-state index contributed by atoms with van der Waals surface area (Å²) in [6, 6.07) is 1.93. The number of carbonyl (C=O) groups excluding carboxylic acids is 1. The highest BCUT2D eigenvalue weighted by atomic mass is 16.3. The van der Waals surface area contributed by atoms with Gasteiger partial charge in [-0.25, -0.2) is 0 Å². The quantitative estimate of drug-likeness (QED) is 0.815. The van der Waals surface area contributed by atoms with Gasteiger partial charge in [0.2, 0.25) is 5.91 Å². The van der Waals surface area contributed by atoms with Gasteiger partial charge in [-0.15, -0.1) is 0 Å². The van der Waals surface area contributed by atoms with E-state index in [-0.39, 0.29) is 12.5 Å². The Bertz CT molecular complexity index is 498. The van der Waals surface area contributed by atoms with Gasteiger partial charge in [0, 0.05) is 25.8 Å². The van der Waals surface area contributed by atoms with Gasteiger partial charge in [0.05, 0.1) is 25.4 Å². The van der Waals surface area contributed by atoms with Gasteiger partial charge in [-0.1, -0.05) is 13.8 Å². The fourth-order valence-electron chi connectivity index (χ4n) is 3.04. The molecule has 1 amide bonds. The topological polar surface area (TPSA) is 61.6 Å². The first-order chi connectivity index (χ1) is 10.4. The van der Waals surface area contributed by atoms with Crippen LogP contribution in [0.1, 0.15) is 32.9 Å². The number of nitrogens with zero attached hydrogens (tertiary/aromatic N) is 4. The minimum Gasteiger partial charge on any atom is -0.395 e. The molecule has 0 aromatic carbocycles. The third kappa shape index (κ3) is 4.30. The zero-order valence-corrected chi connectivity index (χ0v) is 14.0. The van der Waals surface area contributed by atoms with Gasteiger partial charge in [0.15, 0.2) is 0 Å². The summed E-state index contributed by atoms with van der Waals surface area (Å²) < 4.78 is 1.89. The van der Waals surface area contributed by atoms with Crippen LogP contribution < -0.4 is 0 Å². The number of hydrogen-bond acceptors (Lipinski definition) is 4. The molecule has 0 unspecified atom stereocenters. The normalized spacial score (nSPS) is 17.8. The molecular weight excluding hydrogens is 280 g/mol. The zero-order chi connectivity index (χ0) is 16.2. The second kappa shape index (κ2) is 7.24. The lowest BCUT2D eigenvalue weighted by molar-refractivity contribution is -0.133. The third-order valence-electron chi connectivity index (χ3n) is 4.29. The highest BCUT2D eigenvalue weighted by molar-refractivity contribution is 5.78. The smallest absolute Gasteiger partial charge is 0.237 e. The SMILES string of the molecule is CCn1nccc1CN(CCO)C(=O)CN1CCC(C)(C)C1. The van der Waals surface area contributed by atoms with Crippen molar-refractivity contribution in [2.75, 3.05) is 32.8 Å². The van der Waals surface area contributed by atoms with Crippen molar-refractivity contribution in [3.63, 3.8) is 0 Å². The number of aliphatic hydroxyl groups excluding tert-OH is 1. The minimum absolute atomic E-state index is 0.0164. The molecule has 22 heavy (non-hydrogen) atoms. The van der Waals surface area contributed by atoms with E-state index >= 15 is 0 Å². The first kappa shape index (κ1) is 17.0. The van der Waals surface area contributed by atoms with Crippen molar-refractivity contribution in [1.29, 1.82) is 0 Å². The molecule has 0 spiro atoms. The van der Waals surface area contributed by atoms with Crippen molar-refractivity contribution in [1.82, 2.24) is 19.6 Å². The lowest BCUT2D eigenvalue weighted by atomic mass is 9.93. The lowest BCUT2D eigenvalue weighted by Crippen LogP contribution is -2.41. The van der Waals surface area contributed by atoms with E-state index in [1.54, 1.807) is 11.1 Å². The van der Waals surface area contributed by atoms with Crippen LogP contribution in [0, 0.1) is 5.41 Å². The number of hydrogen-bond donors (Lipinski definition) is 1. The van der Waals surface area contributed by atoms with Crippen LogP contribution in [0.4, 0.5) is 0 Å². The Morgan fingerprint density at radius 1 is 1.50 bits per heavy atom. The Balaban J connectivity index is 1.96. The molecule has 0 bridgehead atoms. The summed E-state index contributed by atoms with van der Waals surface area (Å²) in [6.07, 6.45) is 2.88. The largest absolute Gasteiger partial charge is 0.395 e. The molecule has 1 aliphatic rings. The van der Waals surface area contributed by atoms with Gasteiger partial charge < -0.3 is 10.0 Å². The Hall–Kier alpha value is -1.40. The van der Waals surface area contributed by atoms with Crippen LogP contribution >= 0.6 is 0 Å². The minimum atomic E-state index is -0.0164. The highest BCUT2D eigenvalue weighted by Gasteiger charge is 2.31. The van der Waals surface area contributed by atoms with Gasteiger partial charge in [-0.3, -0.25) is 14.4 Å². The predicted molar refractivity (Wildman–Crippen MR) is 85.2 cm³/mol. The van der Waals surface area contributed by atoms with Crippen LogP contribution in [-0.4, -0.2) is 63.4 Å². The maximum atomic E-state index is 12.6. The average molecular weight is 308 g/mol. The van der Waals surface area contributed by atoms with Crippen molar-refractivity contribution < 1.29 is 9.90 Å². The van der Waals surface area contributed by atoms with Gasteiger partial charge in [0.25, 0.3) is 0 Å². The Morgan fingerprint density at radius 3 is 2.86 bits per heavy atom. The van der Waals surface area contributed by atoms with E-state index in [2.05, 4.69) is 23.8 Å². The first-order valence-corrected chi connectivity index (χ1v) is 8.07. The summed E-state index contributed by atoms with van der Waals surface area (Å²) in [7, 11) is 0.